The predicted octanol–water partition coefficient (Wildman–Crippen LogP) is 2.78. The molecule has 1 saturated heterocycles. The maximum Gasteiger partial charge on any atom is 0.272 e. The topological polar surface area (TPSA) is 59.0 Å². The Kier molecular flexibility index (Phi) is 4.71. The third-order valence-corrected chi connectivity index (χ3v) is 4.65. The Balaban J connectivity index is 1.71. The fraction of sp³-hybridized carbons (Fsp3) is 0.474. The molecular weight excluding hydrogens is 300 g/mol. The van der Waals surface area contributed by atoms with Gasteiger partial charge in [0.25, 0.3) is 5.91 Å². The lowest BCUT2D eigenvalue weighted by atomic mass is 9.93. The minimum absolute atomic E-state index is 0.135. The molecule has 0 aliphatic carbocycles. The average Bonchev–Trinajstić information content (AvgIpc) is 3.05. The molecule has 1 unspecified atom stereocenters. The van der Waals surface area contributed by atoms with Gasteiger partial charge in [-0.15, -0.1) is 0 Å². The van der Waals surface area contributed by atoms with Crippen molar-refractivity contribution in [3.8, 4) is 0 Å². The van der Waals surface area contributed by atoms with Crippen LogP contribution in [-0.2, 0) is 5.54 Å². The molecule has 1 aliphatic heterocycles. The van der Waals surface area contributed by atoms with E-state index in [1.54, 1.807) is 6.07 Å². The van der Waals surface area contributed by atoms with Gasteiger partial charge in [0.05, 0.1) is 11.6 Å². The van der Waals surface area contributed by atoms with E-state index in [1.807, 2.05) is 36.9 Å². The van der Waals surface area contributed by atoms with Crippen LogP contribution in [0.15, 0.2) is 36.5 Å². The Morgan fingerprint density at radius 3 is 2.92 bits per heavy atom. The second kappa shape index (κ2) is 6.77. The van der Waals surface area contributed by atoms with Gasteiger partial charge in [0.15, 0.2) is 0 Å². The summed E-state index contributed by atoms with van der Waals surface area (Å²) < 4.78 is 1.92. The molecule has 3 rings (SSSR count). The summed E-state index contributed by atoms with van der Waals surface area (Å²) in [6.45, 7) is 8.07. The summed E-state index contributed by atoms with van der Waals surface area (Å²) in [6, 6.07) is 10.4. The molecule has 1 aliphatic rings. The zero-order valence-electron chi connectivity index (χ0n) is 14.7. The molecule has 0 bridgehead atoms. The van der Waals surface area contributed by atoms with Gasteiger partial charge in [-0.25, -0.2) is 0 Å². The van der Waals surface area contributed by atoms with E-state index in [-0.39, 0.29) is 5.91 Å². The van der Waals surface area contributed by atoms with Crippen molar-refractivity contribution >= 4 is 5.91 Å². The van der Waals surface area contributed by atoms with Crippen molar-refractivity contribution in [3.05, 3.63) is 53.3 Å². The number of benzene rings is 1. The Morgan fingerprint density at radius 2 is 2.21 bits per heavy atom. The molecule has 1 fully saturated rings. The fourth-order valence-corrected chi connectivity index (χ4v) is 3.18. The molecule has 0 spiro atoms. The van der Waals surface area contributed by atoms with Crippen LogP contribution in [-0.4, -0.2) is 28.8 Å². The number of hydrogen-bond donors (Lipinski definition) is 2. The van der Waals surface area contributed by atoms with Gasteiger partial charge < -0.3 is 10.6 Å². The van der Waals surface area contributed by atoms with Crippen LogP contribution >= 0.6 is 0 Å². The molecule has 2 aromatic rings. The van der Waals surface area contributed by atoms with Crippen LogP contribution in [0, 0.1) is 6.92 Å². The molecular formula is C19H26N4O. The van der Waals surface area contributed by atoms with Crippen LogP contribution in [0.3, 0.4) is 0 Å². The number of piperidine rings is 1. The molecule has 2 heterocycles. The van der Waals surface area contributed by atoms with Crippen LogP contribution in [0.1, 0.15) is 54.3 Å². The number of aromatic nitrogens is 2. The van der Waals surface area contributed by atoms with Crippen molar-refractivity contribution in [2.45, 2.75) is 45.2 Å². The molecule has 0 radical (unpaired) electrons. The first-order valence-electron chi connectivity index (χ1n) is 8.61. The molecule has 1 aromatic carbocycles. The van der Waals surface area contributed by atoms with E-state index in [0.717, 1.165) is 31.5 Å². The number of carbonyl (C=O) groups excluding carboxylic acids is 1. The van der Waals surface area contributed by atoms with Gasteiger partial charge in [-0.1, -0.05) is 29.8 Å². The van der Waals surface area contributed by atoms with Gasteiger partial charge in [-0.2, -0.15) is 5.10 Å². The quantitative estimate of drug-likeness (QED) is 0.908. The number of nitrogens with one attached hydrogen (secondary N) is 2. The van der Waals surface area contributed by atoms with Gasteiger partial charge in [0.2, 0.25) is 0 Å². The molecule has 1 aromatic heterocycles. The summed E-state index contributed by atoms with van der Waals surface area (Å²) in [4.78, 5) is 12.6. The average molecular weight is 326 g/mol. The predicted molar refractivity (Wildman–Crippen MR) is 95.0 cm³/mol. The second-order valence-corrected chi connectivity index (χ2v) is 7.13. The fourth-order valence-electron chi connectivity index (χ4n) is 3.18. The third-order valence-electron chi connectivity index (χ3n) is 4.65. The lowest BCUT2D eigenvalue weighted by Crippen LogP contribution is -2.41. The first-order chi connectivity index (χ1) is 11.5. The van der Waals surface area contributed by atoms with E-state index in [4.69, 9.17) is 0 Å². The Morgan fingerprint density at radius 1 is 1.38 bits per heavy atom. The lowest BCUT2D eigenvalue weighted by molar-refractivity contribution is 0.0905. The first-order valence-corrected chi connectivity index (χ1v) is 8.61. The molecule has 1 amide bonds. The summed E-state index contributed by atoms with van der Waals surface area (Å²) in [6.07, 6.45) is 4.16. The van der Waals surface area contributed by atoms with Crippen LogP contribution in [0.5, 0.6) is 0 Å². The SMILES string of the molecule is Cc1cccc(C(C)(C)NC(=O)c2ccn(C3CCCNC3)n2)c1. The number of hydrogen-bond acceptors (Lipinski definition) is 3. The molecule has 2 N–H and O–H groups in total. The summed E-state index contributed by atoms with van der Waals surface area (Å²) >= 11 is 0. The Labute approximate surface area is 143 Å². The van der Waals surface area contributed by atoms with E-state index in [0.29, 0.717) is 11.7 Å². The lowest BCUT2D eigenvalue weighted by Gasteiger charge is -2.27. The van der Waals surface area contributed by atoms with E-state index < -0.39 is 5.54 Å². The third kappa shape index (κ3) is 3.67. The Bertz CT molecular complexity index is 714. The molecule has 24 heavy (non-hydrogen) atoms. The highest BCUT2D eigenvalue weighted by molar-refractivity contribution is 5.92. The van der Waals surface area contributed by atoms with Crippen molar-refractivity contribution in [2.75, 3.05) is 13.1 Å². The number of aryl methyl sites for hydroxylation is 1. The summed E-state index contributed by atoms with van der Waals surface area (Å²) in [5.41, 5.74) is 2.30. The van der Waals surface area contributed by atoms with Crippen LogP contribution < -0.4 is 10.6 Å². The van der Waals surface area contributed by atoms with E-state index in [1.165, 1.54) is 5.56 Å². The highest BCUT2D eigenvalue weighted by Gasteiger charge is 2.25. The van der Waals surface area contributed by atoms with Gasteiger partial charge in [0, 0.05) is 12.7 Å². The minimum Gasteiger partial charge on any atom is -0.342 e. The van der Waals surface area contributed by atoms with Crippen LogP contribution in [0.4, 0.5) is 0 Å². The van der Waals surface area contributed by atoms with Crippen LogP contribution in [0.2, 0.25) is 0 Å². The van der Waals surface area contributed by atoms with Gasteiger partial charge in [0.1, 0.15) is 5.69 Å². The largest absolute Gasteiger partial charge is 0.342 e. The zero-order chi connectivity index (χ0) is 17.2. The number of rotatable bonds is 4. The second-order valence-electron chi connectivity index (χ2n) is 7.13. The van der Waals surface area contributed by atoms with Crippen molar-refractivity contribution in [2.24, 2.45) is 0 Å². The Hall–Kier alpha value is -2.14. The molecule has 1 atom stereocenters. The number of nitrogens with zero attached hydrogens (tertiary/aromatic N) is 2. The highest BCUT2D eigenvalue weighted by Crippen LogP contribution is 2.22. The van der Waals surface area contributed by atoms with Crippen molar-refractivity contribution in [3.63, 3.8) is 0 Å². The van der Waals surface area contributed by atoms with Gasteiger partial charge in [-0.3, -0.25) is 9.48 Å². The summed E-state index contributed by atoms with van der Waals surface area (Å²) in [7, 11) is 0. The smallest absolute Gasteiger partial charge is 0.272 e. The van der Waals surface area contributed by atoms with Crippen molar-refractivity contribution in [1.82, 2.24) is 20.4 Å². The highest BCUT2D eigenvalue weighted by atomic mass is 16.2. The normalized spacial score (nSPS) is 18.4. The summed E-state index contributed by atoms with van der Waals surface area (Å²) in [5.74, 6) is -0.135. The first kappa shape index (κ1) is 16.7. The maximum absolute atomic E-state index is 12.6. The number of carbonyl (C=O) groups is 1. The standard InChI is InChI=1S/C19H26N4O/c1-14-6-4-7-15(12-14)19(2,3)21-18(24)17-9-11-23(22-17)16-8-5-10-20-13-16/h4,6-7,9,11-12,16,20H,5,8,10,13H2,1-3H3,(H,21,24). The molecule has 5 nitrogen and oxygen atoms in total. The maximum atomic E-state index is 12.6. The van der Waals surface area contributed by atoms with Crippen molar-refractivity contribution in [1.29, 1.82) is 0 Å². The minimum atomic E-state index is -0.445. The monoisotopic (exact) mass is 326 g/mol. The molecule has 0 saturated carbocycles. The zero-order valence-corrected chi connectivity index (χ0v) is 14.7. The van der Waals surface area contributed by atoms with Crippen molar-refractivity contribution < 1.29 is 4.79 Å². The van der Waals surface area contributed by atoms with Gasteiger partial charge in [-0.05, 0) is 51.8 Å². The number of amides is 1. The van der Waals surface area contributed by atoms with E-state index in [2.05, 4.69) is 34.8 Å². The van der Waals surface area contributed by atoms with Crippen LogP contribution in [0.25, 0.3) is 0 Å². The van der Waals surface area contributed by atoms with Gasteiger partial charge >= 0.3 is 0 Å². The van der Waals surface area contributed by atoms with E-state index in [9.17, 15) is 4.79 Å². The summed E-state index contributed by atoms with van der Waals surface area (Å²) in [5, 5.41) is 11.0. The molecule has 5 heteroatoms. The molecule has 128 valence electrons. The van der Waals surface area contributed by atoms with E-state index >= 15 is 0 Å².